The van der Waals surface area contributed by atoms with Crippen LogP contribution in [0, 0.1) is 0 Å². The van der Waals surface area contributed by atoms with Crippen LogP contribution in [-0.4, -0.2) is 0 Å². The highest BCUT2D eigenvalue weighted by Crippen LogP contribution is 2.40. The molecule has 22 heavy (non-hydrogen) atoms. The van der Waals surface area contributed by atoms with Crippen LogP contribution in [0.4, 0.5) is 11.4 Å². The fourth-order valence-electron chi connectivity index (χ4n) is 1.97. The number of rotatable bonds is 4. The van der Waals surface area contributed by atoms with E-state index in [2.05, 4.69) is 24.3 Å². The third kappa shape index (κ3) is 3.59. The van der Waals surface area contributed by atoms with E-state index in [4.69, 9.17) is 11.5 Å². The lowest BCUT2D eigenvalue weighted by molar-refractivity contribution is 1.23. The predicted octanol–water partition coefficient (Wildman–Crippen LogP) is 5.15. The Hall–Kier alpha value is -2.04. The molecule has 0 aromatic heterocycles. The van der Waals surface area contributed by atoms with Crippen molar-refractivity contribution in [2.45, 2.75) is 19.6 Å². The summed E-state index contributed by atoms with van der Waals surface area (Å²) < 4.78 is 0. The van der Waals surface area contributed by atoms with Crippen LogP contribution in [-0.2, 0) is 0 Å². The van der Waals surface area contributed by atoms with Crippen molar-refractivity contribution in [2.24, 2.45) is 0 Å². The Kier molecular flexibility index (Phi) is 4.61. The van der Waals surface area contributed by atoms with Gasteiger partial charge >= 0.3 is 0 Å². The Morgan fingerprint density at radius 3 is 1.73 bits per heavy atom. The van der Waals surface area contributed by atoms with Crippen LogP contribution in [0.15, 0.2) is 92.4 Å². The summed E-state index contributed by atoms with van der Waals surface area (Å²) >= 11 is 3.42. The molecular formula is C18H16N2S2. The molecule has 4 heteroatoms. The van der Waals surface area contributed by atoms with Crippen molar-refractivity contribution >= 4 is 34.9 Å². The van der Waals surface area contributed by atoms with Crippen LogP contribution in [0.1, 0.15) is 0 Å². The highest BCUT2D eigenvalue weighted by Gasteiger charge is 2.07. The highest BCUT2D eigenvalue weighted by atomic mass is 32.2. The van der Waals surface area contributed by atoms with Crippen molar-refractivity contribution < 1.29 is 0 Å². The van der Waals surface area contributed by atoms with Crippen LogP contribution in [0.25, 0.3) is 0 Å². The summed E-state index contributed by atoms with van der Waals surface area (Å²) in [4.78, 5) is 4.65. The van der Waals surface area contributed by atoms with Crippen molar-refractivity contribution in [3.05, 3.63) is 72.8 Å². The molecule has 0 amide bonds. The number of hydrogen-bond donors (Lipinski definition) is 2. The molecular weight excluding hydrogens is 308 g/mol. The molecule has 0 aliphatic heterocycles. The maximum Gasteiger partial charge on any atom is 0.0455 e. The van der Waals surface area contributed by atoms with E-state index in [0.717, 1.165) is 16.3 Å². The van der Waals surface area contributed by atoms with Gasteiger partial charge < -0.3 is 11.5 Å². The molecule has 110 valence electrons. The minimum absolute atomic E-state index is 0.782. The molecule has 0 radical (unpaired) electrons. The minimum Gasteiger partial charge on any atom is -0.399 e. The van der Waals surface area contributed by atoms with Gasteiger partial charge in [-0.3, -0.25) is 0 Å². The van der Waals surface area contributed by atoms with Crippen LogP contribution in [0.2, 0.25) is 0 Å². The average molecular weight is 324 g/mol. The third-order valence-electron chi connectivity index (χ3n) is 3.10. The van der Waals surface area contributed by atoms with Crippen molar-refractivity contribution in [1.29, 1.82) is 0 Å². The van der Waals surface area contributed by atoms with Crippen molar-refractivity contribution in [3.8, 4) is 0 Å². The summed E-state index contributed by atoms with van der Waals surface area (Å²) in [5, 5.41) is 0. The van der Waals surface area contributed by atoms with Crippen molar-refractivity contribution in [1.82, 2.24) is 0 Å². The topological polar surface area (TPSA) is 52.0 Å². The van der Waals surface area contributed by atoms with Gasteiger partial charge in [-0.15, -0.1) is 0 Å². The van der Waals surface area contributed by atoms with Crippen molar-refractivity contribution in [3.63, 3.8) is 0 Å². The lowest BCUT2D eigenvalue weighted by atomic mass is 10.3. The lowest BCUT2D eigenvalue weighted by Crippen LogP contribution is -1.88. The van der Waals surface area contributed by atoms with Crippen LogP contribution in [0.3, 0.4) is 0 Å². The molecule has 3 rings (SSSR count). The Labute approximate surface area is 138 Å². The second-order valence-electron chi connectivity index (χ2n) is 4.76. The molecule has 0 spiro atoms. The molecule has 4 N–H and O–H groups in total. The molecule has 0 heterocycles. The van der Waals surface area contributed by atoms with E-state index in [9.17, 15) is 0 Å². The average Bonchev–Trinajstić information content (AvgIpc) is 2.53. The zero-order valence-electron chi connectivity index (χ0n) is 11.9. The zero-order valence-corrected chi connectivity index (χ0v) is 13.5. The van der Waals surface area contributed by atoms with Gasteiger partial charge in [0.25, 0.3) is 0 Å². The number of nitrogens with two attached hydrogens (primary N) is 2. The predicted molar refractivity (Wildman–Crippen MR) is 96.4 cm³/mol. The van der Waals surface area contributed by atoms with Gasteiger partial charge in [-0.1, -0.05) is 47.8 Å². The first kappa shape index (κ1) is 14.9. The number of para-hydroxylation sites is 1. The maximum atomic E-state index is 6.05. The molecule has 0 saturated heterocycles. The number of anilines is 2. The maximum absolute atomic E-state index is 6.05. The van der Waals surface area contributed by atoms with Gasteiger partial charge in [0.2, 0.25) is 0 Å². The SMILES string of the molecule is Nc1ccc(Sc2ccccc2Sc2ccccc2N)cc1. The van der Waals surface area contributed by atoms with Crippen molar-refractivity contribution in [2.75, 3.05) is 11.5 Å². The first-order chi connectivity index (χ1) is 10.7. The van der Waals surface area contributed by atoms with Gasteiger partial charge in [0.15, 0.2) is 0 Å². The molecule has 0 fully saturated rings. The van der Waals surface area contributed by atoms with Gasteiger partial charge in [0.05, 0.1) is 0 Å². The van der Waals surface area contributed by atoms with E-state index in [1.165, 1.54) is 14.7 Å². The second kappa shape index (κ2) is 6.81. The lowest BCUT2D eigenvalue weighted by Gasteiger charge is -2.10. The molecule has 0 unspecified atom stereocenters. The summed E-state index contributed by atoms with van der Waals surface area (Å²) in [5.74, 6) is 0. The highest BCUT2D eigenvalue weighted by molar-refractivity contribution is 8.02. The summed E-state index contributed by atoms with van der Waals surface area (Å²) in [6.45, 7) is 0. The van der Waals surface area contributed by atoms with Crippen LogP contribution >= 0.6 is 23.5 Å². The summed E-state index contributed by atoms with van der Waals surface area (Å²) in [5.41, 5.74) is 13.4. The molecule has 0 saturated carbocycles. The molecule has 0 atom stereocenters. The van der Waals surface area contributed by atoms with Gasteiger partial charge in [0.1, 0.15) is 0 Å². The molecule has 0 bridgehead atoms. The third-order valence-corrected chi connectivity index (χ3v) is 5.48. The summed E-state index contributed by atoms with van der Waals surface area (Å²) in [7, 11) is 0. The largest absolute Gasteiger partial charge is 0.399 e. The Balaban J connectivity index is 1.87. The van der Waals surface area contributed by atoms with E-state index in [1.54, 1.807) is 23.5 Å². The van der Waals surface area contributed by atoms with E-state index < -0.39 is 0 Å². The quantitative estimate of drug-likeness (QED) is 0.651. The van der Waals surface area contributed by atoms with Gasteiger partial charge in [0, 0.05) is 31.0 Å². The molecule has 3 aromatic rings. The Bertz CT molecular complexity index is 770. The number of hydrogen-bond acceptors (Lipinski definition) is 4. The monoisotopic (exact) mass is 324 g/mol. The molecule has 2 nitrogen and oxygen atoms in total. The standard InChI is InChI=1S/C18H16N2S2/c19-13-9-11-14(12-10-13)21-17-7-3-4-8-18(17)22-16-6-2-1-5-15(16)20/h1-12H,19-20H2. The second-order valence-corrected chi connectivity index (χ2v) is 6.96. The molecule has 0 aliphatic carbocycles. The van der Waals surface area contributed by atoms with E-state index >= 15 is 0 Å². The normalized spacial score (nSPS) is 10.5. The summed E-state index contributed by atoms with van der Waals surface area (Å²) in [6.07, 6.45) is 0. The first-order valence-electron chi connectivity index (χ1n) is 6.87. The first-order valence-corrected chi connectivity index (χ1v) is 8.50. The Morgan fingerprint density at radius 2 is 1.09 bits per heavy atom. The summed E-state index contributed by atoms with van der Waals surface area (Å²) in [6, 6.07) is 24.2. The van der Waals surface area contributed by atoms with E-state index in [1.807, 2.05) is 48.5 Å². The van der Waals surface area contributed by atoms with E-state index in [-0.39, 0.29) is 0 Å². The molecule has 3 aromatic carbocycles. The van der Waals surface area contributed by atoms with E-state index in [0.29, 0.717) is 0 Å². The molecule has 0 aliphatic rings. The van der Waals surface area contributed by atoms with Gasteiger partial charge in [-0.2, -0.15) is 0 Å². The smallest absolute Gasteiger partial charge is 0.0455 e. The number of benzene rings is 3. The fraction of sp³-hybridized carbons (Fsp3) is 0. The van der Waals surface area contributed by atoms with Crippen LogP contribution in [0.5, 0.6) is 0 Å². The van der Waals surface area contributed by atoms with Gasteiger partial charge in [-0.05, 0) is 48.5 Å². The van der Waals surface area contributed by atoms with Crippen LogP contribution < -0.4 is 11.5 Å². The fourth-order valence-corrected chi connectivity index (χ4v) is 3.95. The number of nitrogen functional groups attached to an aromatic ring is 2. The minimum atomic E-state index is 0.782. The Morgan fingerprint density at radius 1 is 0.545 bits per heavy atom. The zero-order chi connectivity index (χ0) is 15.4. The van der Waals surface area contributed by atoms with Gasteiger partial charge in [-0.25, -0.2) is 0 Å².